The number of likely N-dealkylation sites (N-methyl/N-ethyl adjacent to an activating group) is 1. The van der Waals surface area contributed by atoms with E-state index in [1.165, 1.54) is 0 Å². The third kappa shape index (κ3) is 4.32. The molecule has 0 aliphatic heterocycles. The molecule has 0 amide bonds. The van der Waals surface area contributed by atoms with Gasteiger partial charge in [0.2, 0.25) is 0 Å². The Morgan fingerprint density at radius 3 is 2.82 bits per heavy atom. The number of carboxylic acids is 1. The van der Waals surface area contributed by atoms with Crippen LogP contribution in [0.4, 0.5) is 8.78 Å². The second-order valence-corrected chi connectivity index (χ2v) is 4.53. The maximum Gasteiger partial charge on any atom is 0.320 e. The zero-order chi connectivity index (χ0) is 12.8. The average Bonchev–Trinajstić information content (AvgIpc) is 2.28. The highest BCUT2D eigenvalue weighted by Gasteiger charge is 2.14. The fourth-order valence-corrected chi connectivity index (χ4v) is 2.24. The summed E-state index contributed by atoms with van der Waals surface area (Å²) in [6.07, 6.45) is 0.340. The largest absolute Gasteiger partial charge is 0.480 e. The number of benzene rings is 1. The summed E-state index contributed by atoms with van der Waals surface area (Å²) in [4.78, 5) is 10.9. The van der Waals surface area contributed by atoms with Crippen LogP contribution in [0.3, 0.4) is 0 Å². The van der Waals surface area contributed by atoms with E-state index < -0.39 is 23.6 Å². The van der Waals surface area contributed by atoms with E-state index in [4.69, 9.17) is 5.11 Å². The number of hydrogen-bond donors (Lipinski definition) is 2. The lowest BCUT2D eigenvalue weighted by molar-refractivity contribution is -0.139. The van der Waals surface area contributed by atoms with Gasteiger partial charge in [0.05, 0.1) is 0 Å². The summed E-state index contributed by atoms with van der Waals surface area (Å²) in [5.41, 5.74) is 0. The van der Waals surface area contributed by atoms with Crippen molar-refractivity contribution in [1.29, 1.82) is 0 Å². The maximum absolute atomic E-state index is 13.2. The summed E-state index contributed by atoms with van der Waals surface area (Å²) in [6, 6.07) is 2.55. The molecule has 0 fully saturated rings. The van der Waals surface area contributed by atoms with Gasteiger partial charge in [0.25, 0.3) is 0 Å². The smallest absolute Gasteiger partial charge is 0.320 e. The Balaban J connectivity index is 2.50. The van der Waals surface area contributed by atoms with Crippen molar-refractivity contribution in [1.82, 2.24) is 5.32 Å². The van der Waals surface area contributed by atoms with E-state index in [9.17, 15) is 13.6 Å². The predicted molar refractivity (Wildman–Crippen MR) is 62.2 cm³/mol. The zero-order valence-electron chi connectivity index (χ0n) is 9.24. The van der Waals surface area contributed by atoms with Crippen LogP contribution < -0.4 is 5.32 Å². The maximum atomic E-state index is 13.2. The number of rotatable bonds is 6. The highest BCUT2D eigenvalue weighted by atomic mass is 32.2. The normalized spacial score (nSPS) is 12.4. The van der Waals surface area contributed by atoms with E-state index in [-0.39, 0.29) is 4.90 Å². The minimum Gasteiger partial charge on any atom is -0.480 e. The Hall–Kier alpha value is -1.14. The van der Waals surface area contributed by atoms with Gasteiger partial charge < -0.3 is 10.4 Å². The monoisotopic (exact) mass is 261 g/mol. The highest BCUT2D eigenvalue weighted by Crippen LogP contribution is 2.23. The molecule has 0 aliphatic rings. The first-order valence-electron chi connectivity index (χ1n) is 5.02. The molecule has 0 saturated carbocycles. The molecule has 0 spiro atoms. The van der Waals surface area contributed by atoms with Crippen LogP contribution in [0.15, 0.2) is 23.1 Å². The lowest BCUT2D eigenvalue weighted by Gasteiger charge is -2.10. The summed E-state index contributed by atoms with van der Waals surface area (Å²) >= 11 is 1.10. The van der Waals surface area contributed by atoms with Crippen LogP contribution in [0.25, 0.3) is 0 Å². The standard InChI is InChI=1S/C11H13F2NO2S/c1-14-9(11(15)16)4-5-17-10-6-7(12)2-3-8(10)13/h2-3,6,9,14H,4-5H2,1H3,(H,15,16). The van der Waals surface area contributed by atoms with Gasteiger partial charge >= 0.3 is 5.97 Å². The molecule has 1 aromatic rings. The SMILES string of the molecule is CNC(CCSc1cc(F)ccc1F)C(=O)O. The number of thioether (sulfide) groups is 1. The summed E-state index contributed by atoms with van der Waals surface area (Å²) in [5, 5.41) is 11.4. The molecule has 0 heterocycles. The zero-order valence-corrected chi connectivity index (χ0v) is 10.1. The van der Waals surface area contributed by atoms with Crippen LogP contribution in [0, 0.1) is 11.6 Å². The summed E-state index contributed by atoms with van der Waals surface area (Å²) < 4.78 is 26.1. The second kappa shape index (κ2) is 6.56. The number of aliphatic carboxylic acids is 1. The van der Waals surface area contributed by atoms with Crippen molar-refractivity contribution in [3.05, 3.63) is 29.8 Å². The summed E-state index contributed by atoms with van der Waals surface area (Å²) in [6.45, 7) is 0. The molecule has 3 nitrogen and oxygen atoms in total. The third-order valence-corrected chi connectivity index (χ3v) is 3.27. The number of carbonyl (C=O) groups is 1. The van der Waals surface area contributed by atoms with Crippen molar-refractivity contribution in [2.75, 3.05) is 12.8 Å². The Labute approximate surface area is 102 Å². The fourth-order valence-electron chi connectivity index (χ4n) is 1.27. The van der Waals surface area contributed by atoms with Gasteiger partial charge in [-0.3, -0.25) is 4.79 Å². The molecule has 0 saturated heterocycles. The van der Waals surface area contributed by atoms with E-state index in [0.29, 0.717) is 12.2 Å². The van der Waals surface area contributed by atoms with Crippen molar-refractivity contribution in [2.24, 2.45) is 0 Å². The van der Waals surface area contributed by atoms with E-state index in [1.807, 2.05) is 0 Å². The highest BCUT2D eigenvalue weighted by molar-refractivity contribution is 7.99. The van der Waals surface area contributed by atoms with Gasteiger partial charge in [0.1, 0.15) is 17.7 Å². The molecule has 1 aromatic carbocycles. The van der Waals surface area contributed by atoms with Gasteiger partial charge in [-0.25, -0.2) is 8.78 Å². The van der Waals surface area contributed by atoms with Crippen LogP contribution >= 0.6 is 11.8 Å². The van der Waals surface area contributed by atoms with Crippen LogP contribution in [0.5, 0.6) is 0 Å². The van der Waals surface area contributed by atoms with E-state index in [2.05, 4.69) is 5.32 Å². The Morgan fingerprint density at radius 2 is 2.24 bits per heavy atom. The summed E-state index contributed by atoms with van der Waals surface area (Å²) in [5.74, 6) is -1.55. The average molecular weight is 261 g/mol. The van der Waals surface area contributed by atoms with Gasteiger partial charge in [-0.1, -0.05) is 0 Å². The molecule has 1 atom stereocenters. The molecule has 17 heavy (non-hydrogen) atoms. The van der Waals surface area contributed by atoms with Crippen molar-refractivity contribution in [3.63, 3.8) is 0 Å². The fraction of sp³-hybridized carbons (Fsp3) is 0.364. The van der Waals surface area contributed by atoms with Gasteiger partial charge in [0, 0.05) is 10.6 Å². The number of hydrogen-bond acceptors (Lipinski definition) is 3. The predicted octanol–water partition coefficient (Wildman–Crippen LogP) is 2.12. The minimum absolute atomic E-state index is 0.199. The molecule has 0 radical (unpaired) electrons. The molecule has 2 N–H and O–H groups in total. The van der Waals surface area contributed by atoms with Crippen LogP contribution in [-0.2, 0) is 4.79 Å². The molecular formula is C11H13F2NO2S. The van der Waals surface area contributed by atoms with Gasteiger partial charge in [0.15, 0.2) is 0 Å². The Kier molecular flexibility index (Phi) is 5.37. The van der Waals surface area contributed by atoms with Gasteiger partial charge in [-0.05, 0) is 31.7 Å². The molecule has 0 aromatic heterocycles. The lowest BCUT2D eigenvalue weighted by Crippen LogP contribution is -2.34. The van der Waals surface area contributed by atoms with Gasteiger partial charge in [-0.15, -0.1) is 11.8 Å². The minimum atomic E-state index is -0.951. The lowest BCUT2D eigenvalue weighted by atomic mass is 10.2. The van der Waals surface area contributed by atoms with E-state index in [1.54, 1.807) is 7.05 Å². The van der Waals surface area contributed by atoms with Crippen molar-refractivity contribution in [3.8, 4) is 0 Å². The second-order valence-electron chi connectivity index (χ2n) is 3.39. The number of halogens is 2. The molecule has 0 bridgehead atoms. The molecule has 94 valence electrons. The molecule has 0 aliphatic carbocycles. The number of carboxylic acid groups (broad SMARTS) is 1. The van der Waals surface area contributed by atoms with E-state index >= 15 is 0 Å². The molecule has 1 rings (SSSR count). The Bertz CT molecular complexity index is 401. The summed E-state index contributed by atoms with van der Waals surface area (Å²) in [7, 11) is 1.55. The molecule has 6 heteroatoms. The Morgan fingerprint density at radius 1 is 1.53 bits per heavy atom. The first-order chi connectivity index (χ1) is 8.04. The molecule has 1 unspecified atom stereocenters. The first-order valence-corrected chi connectivity index (χ1v) is 6.01. The van der Waals surface area contributed by atoms with Crippen LogP contribution in [-0.4, -0.2) is 29.9 Å². The van der Waals surface area contributed by atoms with Crippen molar-refractivity contribution in [2.45, 2.75) is 17.4 Å². The first kappa shape index (κ1) is 13.9. The molecular weight excluding hydrogens is 248 g/mol. The van der Waals surface area contributed by atoms with Crippen LogP contribution in [0.1, 0.15) is 6.42 Å². The third-order valence-electron chi connectivity index (χ3n) is 2.20. The quantitative estimate of drug-likeness (QED) is 0.770. The van der Waals surface area contributed by atoms with Crippen molar-refractivity contribution < 1.29 is 18.7 Å². The van der Waals surface area contributed by atoms with Gasteiger partial charge in [-0.2, -0.15) is 0 Å². The van der Waals surface area contributed by atoms with Crippen molar-refractivity contribution >= 4 is 17.7 Å². The van der Waals surface area contributed by atoms with Crippen LogP contribution in [0.2, 0.25) is 0 Å². The topological polar surface area (TPSA) is 49.3 Å². The van der Waals surface area contributed by atoms with E-state index in [0.717, 1.165) is 30.0 Å². The number of nitrogens with one attached hydrogen (secondary N) is 1.